The van der Waals surface area contributed by atoms with Crippen LogP contribution in [-0.2, 0) is 116 Å². The highest BCUT2D eigenvalue weighted by Crippen LogP contribution is 2.54. The molecule has 48 heteroatoms. The molecule has 2 saturated heterocycles. The largest absolute Gasteiger partial charge is 0.400 e. The number of aliphatic hydroxyl groups is 2. The van der Waals surface area contributed by atoms with Gasteiger partial charge in [0, 0.05) is 0 Å². The van der Waals surface area contributed by atoms with Crippen LogP contribution in [0.25, 0.3) is 0 Å². The van der Waals surface area contributed by atoms with Gasteiger partial charge in [-0.25, -0.2) is 29.3 Å². The molecule has 0 amide bonds. The van der Waals surface area contributed by atoms with Crippen molar-refractivity contribution in [3.05, 3.63) is 0 Å². The van der Waals surface area contributed by atoms with E-state index >= 15 is 0 Å². The summed E-state index contributed by atoms with van der Waals surface area (Å²) < 4.78 is 277. The van der Waals surface area contributed by atoms with Gasteiger partial charge in [-0.2, -0.15) is 71.6 Å². The fourth-order valence-corrected chi connectivity index (χ4v) is 13.0. The second kappa shape index (κ2) is 53.2. The molecule has 2 heterocycles. The minimum atomic E-state index is -6.52. The Kier molecular flexibility index (Phi) is 57.4. The molecule has 2 fully saturated rings. The van der Waals surface area contributed by atoms with Crippen molar-refractivity contribution in [3.63, 3.8) is 0 Å². The molecular formula is C52H120N6O33S9. The Bertz CT molecular complexity index is 2810. The third-order valence-electron chi connectivity index (χ3n) is 15.0. The second-order valence-electron chi connectivity index (χ2n) is 20.7. The fraction of sp³-hybridized carbons (Fsp3) is 1.00. The van der Waals surface area contributed by atoms with Crippen molar-refractivity contribution in [1.29, 1.82) is 0 Å². The molecule has 0 aromatic carbocycles. The van der Waals surface area contributed by atoms with E-state index in [1.807, 2.05) is 0 Å². The van der Waals surface area contributed by atoms with Crippen molar-refractivity contribution in [2.45, 2.75) is 203 Å². The van der Waals surface area contributed by atoms with Crippen LogP contribution in [0, 0.1) is 0 Å². The second-order valence-corrected chi connectivity index (χ2v) is 29.0. The lowest BCUT2D eigenvalue weighted by atomic mass is 9.75. The normalized spacial score (nSPS) is 23.8. The molecule has 0 bridgehead atoms. The lowest BCUT2D eigenvalue weighted by molar-refractivity contribution is -0.474. The quantitative estimate of drug-likeness (QED) is 0.0182. The molecule has 0 aromatic rings. The van der Waals surface area contributed by atoms with Gasteiger partial charge in [0.15, 0.2) is 23.4 Å². The van der Waals surface area contributed by atoms with E-state index in [9.17, 15) is 96.5 Å². The first-order valence-electron chi connectivity index (χ1n) is 32.4. The van der Waals surface area contributed by atoms with E-state index in [1.165, 1.54) is 118 Å². The van der Waals surface area contributed by atoms with Crippen molar-refractivity contribution in [3.8, 4) is 0 Å². The van der Waals surface area contributed by atoms with Crippen LogP contribution in [-0.4, -0.2) is 327 Å². The monoisotopic (exact) mass is 1640 g/mol. The molecular weight excluding hydrogens is 1530 g/mol. The maximum atomic E-state index is 12.3. The Balaban J connectivity index is -0.000000567. The summed E-state index contributed by atoms with van der Waals surface area (Å²) in [5.74, 6) is -9.99. The number of ether oxygens (including phenoxy) is 3. The van der Waals surface area contributed by atoms with Gasteiger partial charge in [0.2, 0.25) is 0 Å². The molecule has 0 unspecified atom stereocenters. The van der Waals surface area contributed by atoms with E-state index in [2.05, 4.69) is 209 Å². The fourth-order valence-electron chi connectivity index (χ4n) is 9.20. The van der Waals surface area contributed by atoms with Crippen LogP contribution in [0.2, 0.25) is 0 Å². The van der Waals surface area contributed by atoms with E-state index in [0.717, 1.165) is 0 Å². The van der Waals surface area contributed by atoms with Crippen molar-refractivity contribution >= 4 is 98.1 Å². The zero-order valence-corrected chi connectivity index (χ0v) is 68.3. The summed E-state index contributed by atoms with van der Waals surface area (Å²) in [6.07, 6.45) is -22.1. The zero-order chi connectivity index (χ0) is 79.5. The molecule has 0 aliphatic carbocycles. The number of unbranched alkanes of at least 4 members (excludes halogenated alkanes) is 1. The van der Waals surface area contributed by atoms with Crippen LogP contribution in [0.5, 0.6) is 0 Å². The molecule has 2 rings (SSSR count). The summed E-state index contributed by atoms with van der Waals surface area (Å²) in [7, 11) is -42.9. The summed E-state index contributed by atoms with van der Waals surface area (Å²) in [4.78, 5) is 14.2. The van der Waals surface area contributed by atoms with Crippen LogP contribution in [0.4, 0.5) is 0 Å². The van der Waals surface area contributed by atoms with Gasteiger partial charge in [-0.3, -0.25) is 31.9 Å². The van der Waals surface area contributed by atoms with Gasteiger partial charge in [-0.15, -0.1) is 12.6 Å². The Hall–Kier alpha value is -0.650. The SMILES string of the molecule is CCN(CC)CC.CCN(CC)CC.CCN(CC)CC.CCN(CC)CC.CCN(CC)CC.CCN(CC)CC.O=S(=O)(O)OC[C@H]1O[C@H](O[C@]2(CCCCS)[C@@H](COS(=O)(=O)O)O[C@@H](S)[C@](O)(OS(=O)(=O)O)[C@@]2(O)OS(=O)(=O)O)[C@H](OS(=O)(=O)O)[C@@H](OS(=O)(=O)O)[C@@H]1OS(=O)(=O)O. The number of hydrogen-bond acceptors (Lipinski definition) is 34. The first-order valence-corrected chi connectivity index (χ1v) is 43.1. The molecule has 100 heavy (non-hydrogen) atoms. The van der Waals surface area contributed by atoms with Gasteiger partial charge >= 0.3 is 72.8 Å². The van der Waals surface area contributed by atoms with E-state index in [-0.39, 0.29) is 12.2 Å². The van der Waals surface area contributed by atoms with Crippen LogP contribution >= 0.6 is 25.3 Å². The van der Waals surface area contributed by atoms with E-state index in [4.69, 9.17) is 18.8 Å². The van der Waals surface area contributed by atoms with Gasteiger partial charge in [-0.1, -0.05) is 125 Å². The van der Waals surface area contributed by atoms with Crippen molar-refractivity contribution in [2.24, 2.45) is 0 Å². The van der Waals surface area contributed by atoms with Gasteiger partial charge in [0.1, 0.15) is 24.4 Å². The first kappa shape index (κ1) is 108. The van der Waals surface area contributed by atoms with Crippen molar-refractivity contribution < 1.29 is 144 Å². The summed E-state index contributed by atoms with van der Waals surface area (Å²) in [6, 6.07) is 0. The van der Waals surface area contributed by atoms with Gasteiger partial charge in [0.05, 0.1) is 13.2 Å². The van der Waals surface area contributed by atoms with Crippen molar-refractivity contribution in [2.75, 3.05) is 137 Å². The third kappa shape index (κ3) is 46.5. The molecule has 0 spiro atoms. The van der Waals surface area contributed by atoms with Gasteiger partial charge in [-0.05, 0) is 143 Å². The number of rotatable bonds is 40. The highest BCUT2D eigenvalue weighted by Gasteiger charge is 2.79. The van der Waals surface area contributed by atoms with Crippen LogP contribution in [0.3, 0.4) is 0 Å². The molecule has 0 aromatic heterocycles. The van der Waals surface area contributed by atoms with Crippen LogP contribution in [0.1, 0.15) is 144 Å². The molecule has 9 N–H and O–H groups in total. The molecule has 39 nitrogen and oxygen atoms in total. The maximum absolute atomic E-state index is 12.3. The lowest BCUT2D eigenvalue weighted by Crippen LogP contribution is -2.83. The predicted molar refractivity (Wildman–Crippen MR) is 378 cm³/mol. The average Bonchev–Trinajstić information content (AvgIpc) is 0.691. The molecule has 2 aliphatic heterocycles. The summed E-state index contributed by atoms with van der Waals surface area (Å²) in [6.45, 7) is 56.8. The van der Waals surface area contributed by atoms with Crippen LogP contribution in [0.15, 0.2) is 0 Å². The number of hydrogen-bond donors (Lipinski definition) is 11. The minimum Gasteiger partial charge on any atom is -0.358 e. The summed E-state index contributed by atoms with van der Waals surface area (Å²) in [5, 5.41) is 23.6. The topological polar surface area (TPSA) is 533 Å². The van der Waals surface area contributed by atoms with E-state index in [0.29, 0.717) is 0 Å². The highest BCUT2D eigenvalue weighted by molar-refractivity contribution is 7.82. The highest BCUT2D eigenvalue weighted by atomic mass is 32.3. The Morgan fingerprint density at radius 3 is 0.900 bits per heavy atom. The Labute approximate surface area is 608 Å². The maximum Gasteiger partial charge on any atom is 0.400 e. The summed E-state index contributed by atoms with van der Waals surface area (Å²) in [5.41, 5.74) is -7.16. The molecule has 0 saturated carbocycles. The Morgan fingerprint density at radius 1 is 0.370 bits per heavy atom. The predicted octanol–water partition coefficient (Wildman–Crippen LogP) is 2.53. The molecule has 610 valence electrons. The lowest BCUT2D eigenvalue weighted by Gasteiger charge is -2.59. The van der Waals surface area contributed by atoms with Crippen LogP contribution < -0.4 is 0 Å². The average molecular weight is 1650 g/mol. The first-order chi connectivity index (χ1) is 45.7. The van der Waals surface area contributed by atoms with Crippen molar-refractivity contribution in [1.82, 2.24) is 29.4 Å². The molecule has 2 aliphatic rings. The third-order valence-corrected chi connectivity index (χ3v) is 19.0. The molecule has 10 atom stereocenters. The summed E-state index contributed by atoms with van der Waals surface area (Å²) >= 11 is 7.42. The van der Waals surface area contributed by atoms with Gasteiger partial charge < -0.3 is 53.8 Å². The smallest absolute Gasteiger partial charge is 0.358 e. The molecule has 0 radical (unpaired) electrons. The van der Waals surface area contributed by atoms with E-state index in [1.54, 1.807) is 0 Å². The standard InChI is InChI=1S/C16H30O33S9.6C6H15N/c17-15(48-57(34,35)36)13(51)43-8(6-41-53(22,23)24)14(3-1-2-4-50,16(15,18)49-58(37,38)39)44-12-11(47-56(31,32)33)10(46-55(28,29)30)9(45-54(25,26)27)7(42-12)5-40-52(19,20)21;6*1-4-7(5-2)6-3/h7-13,17-18,50-51H,1-6H2,(H,19,20,21)(H,22,23,24)(H,25,26,27)(H,28,29,30)(H,31,32,33)(H,34,35,36)(H,37,38,39);6*4-6H2,1-3H3/t7-,8-,9-,10+,11-,12-,13+,14-,15+,16+;;;;;;/m1....../s1. The minimum absolute atomic E-state index is 0.260. The number of nitrogens with zero attached hydrogens (tertiary/aromatic N) is 6. The number of thiol groups is 2. The van der Waals surface area contributed by atoms with Gasteiger partial charge in [0.25, 0.3) is 11.6 Å². The Morgan fingerprint density at radius 2 is 0.650 bits per heavy atom. The zero-order valence-electron chi connectivity index (χ0n) is 60.8. The van der Waals surface area contributed by atoms with E-state index < -0.39 is 158 Å².